The zero-order chi connectivity index (χ0) is 18.3. The summed E-state index contributed by atoms with van der Waals surface area (Å²) >= 11 is 0. The number of aromatic nitrogens is 1. The molecular weight excluding hydrogens is 325 g/mol. The summed E-state index contributed by atoms with van der Waals surface area (Å²) in [5.41, 5.74) is 1.52. The Hall–Kier alpha value is -3.15. The normalized spacial score (nSPS) is 12.3. The van der Waals surface area contributed by atoms with Gasteiger partial charge >= 0.3 is 5.97 Å². The van der Waals surface area contributed by atoms with Crippen LogP contribution in [0.1, 0.15) is 34.5 Å². The second-order valence-corrected chi connectivity index (χ2v) is 5.91. The van der Waals surface area contributed by atoms with E-state index < -0.39 is 23.6 Å². The van der Waals surface area contributed by atoms with Gasteiger partial charge in [-0.25, -0.2) is 4.39 Å². The zero-order valence-electron chi connectivity index (χ0n) is 13.7. The summed E-state index contributed by atoms with van der Waals surface area (Å²) in [4.78, 5) is 24.4. The van der Waals surface area contributed by atoms with E-state index in [2.05, 4.69) is 0 Å². The smallest absolute Gasteiger partial charge is 0.310 e. The Morgan fingerprint density at radius 2 is 1.88 bits per heavy atom. The van der Waals surface area contributed by atoms with E-state index in [1.165, 1.54) is 41.8 Å². The summed E-state index contributed by atoms with van der Waals surface area (Å²) in [5.74, 6) is -2.93. The third-order valence-electron chi connectivity index (χ3n) is 4.31. The number of phenolic OH excluding ortho intramolecular Hbond substituents is 1. The van der Waals surface area contributed by atoms with Gasteiger partial charge in [0.2, 0.25) is 0 Å². The quantitative estimate of drug-likeness (QED) is 0.762. The Morgan fingerprint density at radius 3 is 2.52 bits per heavy atom. The number of halogens is 1. The summed E-state index contributed by atoms with van der Waals surface area (Å²) in [6.07, 6.45) is 0. The Bertz CT molecular complexity index is 1010. The molecule has 0 fully saturated rings. The first-order valence-corrected chi connectivity index (χ1v) is 7.68. The molecule has 0 saturated carbocycles. The first-order valence-electron chi connectivity index (χ1n) is 7.68. The molecule has 2 N–H and O–H groups in total. The van der Waals surface area contributed by atoms with Gasteiger partial charge in [-0.2, -0.15) is 0 Å². The van der Waals surface area contributed by atoms with E-state index in [0.717, 1.165) is 6.07 Å². The van der Waals surface area contributed by atoms with Crippen molar-refractivity contribution in [2.45, 2.75) is 19.8 Å². The maximum Gasteiger partial charge on any atom is 0.310 e. The van der Waals surface area contributed by atoms with Gasteiger partial charge in [0.15, 0.2) is 0 Å². The average Bonchev–Trinajstić information content (AvgIpc) is 2.84. The minimum absolute atomic E-state index is 0.0262. The number of carboxylic acid groups (broad SMARTS) is 1. The lowest BCUT2D eigenvalue weighted by atomic mass is 9.98. The number of aliphatic carboxylic acids is 1. The number of fused-ring (bicyclic) bond motifs is 1. The molecule has 5 nitrogen and oxygen atoms in total. The number of nitrogens with zero attached hydrogens (tertiary/aromatic N) is 1. The molecule has 25 heavy (non-hydrogen) atoms. The molecule has 0 aliphatic heterocycles. The Labute approximate surface area is 142 Å². The first kappa shape index (κ1) is 16.7. The van der Waals surface area contributed by atoms with Crippen LogP contribution in [-0.4, -0.2) is 26.7 Å². The van der Waals surface area contributed by atoms with Gasteiger partial charge in [0, 0.05) is 16.6 Å². The zero-order valence-corrected chi connectivity index (χ0v) is 13.7. The summed E-state index contributed by atoms with van der Waals surface area (Å²) in [6, 6.07) is 9.72. The topological polar surface area (TPSA) is 79.5 Å². The molecule has 0 aliphatic carbocycles. The van der Waals surface area contributed by atoms with Crippen LogP contribution in [0.4, 0.5) is 4.39 Å². The minimum Gasteiger partial charge on any atom is -0.508 e. The molecule has 0 spiro atoms. The fraction of sp³-hybridized carbons (Fsp3) is 0.158. The Balaban J connectivity index is 2.30. The van der Waals surface area contributed by atoms with Crippen molar-refractivity contribution in [2.24, 2.45) is 0 Å². The van der Waals surface area contributed by atoms with Crippen LogP contribution in [0.2, 0.25) is 0 Å². The van der Waals surface area contributed by atoms with Gasteiger partial charge in [0.25, 0.3) is 5.91 Å². The van der Waals surface area contributed by atoms with Gasteiger partial charge in [-0.05, 0) is 55.8 Å². The molecule has 0 unspecified atom stereocenters. The van der Waals surface area contributed by atoms with Gasteiger partial charge in [-0.3, -0.25) is 14.2 Å². The van der Waals surface area contributed by atoms with Crippen LogP contribution in [-0.2, 0) is 4.79 Å². The minimum atomic E-state index is -1.04. The molecule has 0 radical (unpaired) electrons. The number of rotatable bonds is 3. The second kappa shape index (κ2) is 6.05. The molecule has 1 heterocycles. The number of hydrogen-bond donors (Lipinski definition) is 2. The van der Waals surface area contributed by atoms with Crippen LogP contribution in [0.5, 0.6) is 5.75 Å². The van der Waals surface area contributed by atoms with Gasteiger partial charge in [-0.1, -0.05) is 6.07 Å². The highest BCUT2D eigenvalue weighted by Gasteiger charge is 2.26. The Kier molecular flexibility index (Phi) is 4.04. The molecule has 0 amide bonds. The maximum atomic E-state index is 13.5. The van der Waals surface area contributed by atoms with Crippen LogP contribution in [0.3, 0.4) is 0 Å². The number of hydrogen-bond acceptors (Lipinski definition) is 3. The highest BCUT2D eigenvalue weighted by Crippen LogP contribution is 2.34. The second-order valence-electron chi connectivity index (χ2n) is 5.91. The molecule has 1 aromatic heterocycles. The monoisotopic (exact) mass is 341 g/mol. The molecule has 2 aromatic carbocycles. The molecule has 0 aliphatic rings. The molecule has 3 rings (SSSR count). The van der Waals surface area contributed by atoms with E-state index >= 15 is 0 Å². The van der Waals surface area contributed by atoms with Gasteiger partial charge in [-0.15, -0.1) is 0 Å². The highest BCUT2D eigenvalue weighted by molar-refractivity contribution is 6.05. The van der Waals surface area contributed by atoms with Crippen molar-refractivity contribution in [1.29, 1.82) is 0 Å². The number of carbonyl (C=O) groups excluding carboxylic acids is 1. The predicted molar refractivity (Wildman–Crippen MR) is 90.5 cm³/mol. The average molecular weight is 341 g/mol. The SMILES string of the molecule is Cc1c([C@@H](C)C(=O)O)c2cc(O)ccc2n1C(=O)c1cccc(F)c1. The van der Waals surface area contributed by atoms with Crippen LogP contribution >= 0.6 is 0 Å². The van der Waals surface area contributed by atoms with Crippen molar-refractivity contribution in [3.63, 3.8) is 0 Å². The van der Waals surface area contributed by atoms with E-state index in [-0.39, 0.29) is 11.3 Å². The lowest BCUT2D eigenvalue weighted by Gasteiger charge is -2.09. The third kappa shape index (κ3) is 2.76. The van der Waals surface area contributed by atoms with Gasteiger partial charge in [0.05, 0.1) is 11.4 Å². The van der Waals surface area contributed by atoms with E-state index in [9.17, 15) is 24.2 Å². The van der Waals surface area contributed by atoms with Crippen LogP contribution < -0.4 is 0 Å². The number of benzene rings is 2. The van der Waals surface area contributed by atoms with Crippen molar-refractivity contribution >= 4 is 22.8 Å². The maximum absolute atomic E-state index is 13.5. The highest BCUT2D eigenvalue weighted by atomic mass is 19.1. The van der Waals surface area contributed by atoms with Crippen molar-refractivity contribution in [3.05, 3.63) is 65.1 Å². The standard InChI is InChI=1S/C19H16FNO4/c1-10(19(24)25)17-11(2)21(16-7-6-14(22)9-15(16)17)18(23)12-4-3-5-13(20)8-12/h3-10,22H,1-2H3,(H,24,25)/t10-/m1/s1. The fourth-order valence-electron chi connectivity index (χ4n) is 3.11. The lowest BCUT2D eigenvalue weighted by Crippen LogP contribution is -2.15. The number of carbonyl (C=O) groups is 2. The molecule has 128 valence electrons. The Morgan fingerprint density at radius 1 is 1.16 bits per heavy atom. The first-order chi connectivity index (χ1) is 11.8. The molecular formula is C19H16FNO4. The van der Waals surface area contributed by atoms with Gasteiger partial charge < -0.3 is 10.2 Å². The predicted octanol–water partition coefficient (Wildman–Crippen LogP) is 3.67. The van der Waals surface area contributed by atoms with Crippen molar-refractivity contribution in [2.75, 3.05) is 0 Å². The van der Waals surface area contributed by atoms with Crippen molar-refractivity contribution in [3.8, 4) is 5.75 Å². The van der Waals surface area contributed by atoms with Crippen LogP contribution in [0.15, 0.2) is 42.5 Å². The van der Waals surface area contributed by atoms with Crippen LogP contribution in [0, 0.1) is 12.7 Å². The molecule has 6 heteroatoms. The van der Waals surface area contributed by atoms with Crippen LogP contribution in [0.25, 0.3) is 10.9 Å². The summed E-state index contributed by atoms with van der Waals surface area (Å²) < 4.78 is 14.8. The number of carboxylic acids is 1. The van der Waals surface area contributed by atoms with E-state index in [1.807, 2.05) is 0 Å². The molecule has 3 aromatic rings. The summed E-state index contributed by atoms with van der Waals surface area (Å²) in [5, 5.41) is 19.6. The molecule has 0 bridgehead atoms. The summed E-state index contributed by atoms with van der Waals surface area (Å²) in [6.45, 7) is 3.16. The van der Waals surface area contributed by atoms with Crippen molar-refractivity contribution in [1.82, 2.24) is 4.57 Å². The number of aromatic hydroxyl groups is 1. The van der Waals surface area contributed by atoms with Crippen molar-refractivity contribution < 1.29 is 24.2 Å². The van der Waals surface area contributed by atoms with E-state index in [1.54, 1.807) is 13.0 Å². The number of phenols is 1. The molecule has 0 saturated heterocycles. The van der Waals surface area contributed by atoms with E-state index in [4.69, 9.17) is 0 Å². The van der Waals surface area contributed by atoms with Gasteiger partial charge in [0.1, 0.15) is 11.6 Å². The molecule has 1 atom stereocenters. The fourth-order valence-corrected chi connectivity index (χ4v) is 3.11. The third-order valence-corrected chi connectivity index (χ3v) is 4.31. The van der Waals surface area contributed by atoms with E-state index in [0.29, 0.717) is 22.2 Å². The lowest BCUT2D eigenvalue weighted by molar-refractivity contribution is -0.138. The summed E-state index contributed by atoms with van der Waals surface area (Å²) in [7, 11) is 0. The largest absolute Gasteiger partial charge is 0.508 e.